The molecule has 28 heavy (non-hydrogen) atoms. The Hall–Kier alpha value is -1.42. The highest BCUT2D eigenvalue weighted by Crippen LogP contribution is 2.75. The summed E-state index contributed by atoms with van der Waals surface area (Å²) >= 11 is 6.74. The van der Waals surface area contributed by atoms with E-state index in [-0.39, 0.29) is 34.7 Å². The van der Waals surface area contributed by atoms with Gasteiger partial charge < -0.3 is 4.74 Å². The summed E-state index contributed by atoms with van der Waals surface area (Å²) in [7, 11) is 0. The van der Waals surface area contributed by atoms with Crippen molar-refractivity contribution in [3.63, 3.8) is 0 Å². The molecule has 0 saturated heterocycles. The average Bonchev–Trinajstić information content (AvgIpc) is 3.30. The highest BCUT2D eigenvalue weighted by Gasteiger charge is 2.73. The highest BCUT2D eigenvalue weighted by atomic mass is 35.5. The van der Waals surface area contributed by atoms with E-state index in [9.17, 15) is 14.4 Å². The standard InChI is InChI=1S/C23H27ClO4/c1-11(25)23(28-12(2)26)6-5-15-13-8-19(24)17-9-20(27)14-7-16(14)22(17,4)18(13)10-21(15,23)3/h8-9,13-16,18H,5-7,10H2,1-4H3/t13-,14?,15+,16?,18+,21-,22-,23-/m0/s1. The molecule has 5 aliphatic rings. The van der Waals surface area contributed by atoms with Crippen molar-refractivity contribution in [1.29, 1.82) is 0 Å². The number of hydrogen-bond donors (Lipinski definition) is 0. The number of ketones is 2. The normalized spacial score (nSPS) is 50.6. The number of hydrogen-bond acceptors (Lipinski definition) is 4. The van der Waals surface area contributed by atoms with Crippen LogP contribution in [-0.2, 0) is 19.1 Å². The number of esters is 1. The summed E-state index contributed by atoms with van der Waals surface area (Å²) in [5, 5.41) is 0.708. The Morgan fingerprint density at radius 2 is 1.89 bits per heavy atom. The predicted molar refractivity (Wildman–Crippen MR) is 104 cm³/mol. The van der Waals surface area contributed by atoms with Gasteiger partial charge in [0, 0.05) is 28.7 Å². The zero-order valence-electron chi connectivity index (χ0n) is 16.9. The van der Waals surface area contributed by atoms with Crippen LogP contribution in [0.1, 0.15) is 53.4 Å². The van der Waals surface area contributed by atoms with E-state index in [2.05, 4.69) is 19.9 Å². The van der Waals surface area contributed by atoms with Crippen LogP contribution in [0.4, 0.5) is 0 Å². The molecule has 5 heteroatoms. The summed E-state index contributed by atoms with van der Waals surface area (Å²) in [6.07, 6.45) is 7.11. The van der Waals surface area contributed by atoms with Gasteiger partial charge >= 0.3 is 5.97 Å². The largest absolute Gasteiger partial charge is 0.451 e. The fraction of sp³-hybridized carbons (Fsp3) is 0.696. The van der Waals surface area contributed by atoms with Crippen LogP contribution in [0.25, 0.3) is 0 Å². The smallest absolute Gasteiger partial charge is 0.303 e. The molecule has 0 heterocycles. The second-order valence-corrected chi connectivity index (χ2v) is 10.5. The lowest BCUT2D eigenvalue weighted by atomic mass is 9.58. The van der Waals surface area contributed by atoms with Gasteiger partial charge in [0.1, 0.15) is 0 Å². The molecule has 8 atom stereocenters. The fourth-order valence-electron chi connectivity index (χ4n) is 7.81. The van der Waals surface area contributed by atoms with E-state index in [1.807, 2.05) is 0 Å². The second-order valence-electron chi connectivity index (χ2n) is 10.1. The van der Waals surface area contributed by atoms with E-state index in [4.69, 9.17) is 16.3 Å². The SMILES string of the molecule is CC(=O)O[C@]1(C(C)=O)CC[C@@H]2[C@@H]3C=C(Cl)C4=CC(=O)C5CC5[C@]4(C)[C@@H]3C[C@@]21C. The molecule has 3 fully saturated rings. The summed E-state index contributed by atoms with van der Waals surface area (Å²) in [4.78, 5) is 37.1. The zero-order chi connectivity index (χ0) is 20.2. The topological polar surface area (TPSA) is 60.4 Å². The van der Waals surface area contributed by atoms with Gasteiger partial charge in [0.05, 0.1) is 0 Å². The molecule has 5 aliphatic carbocycles. The fourth-order valence-corrected chi connectivity index (χ4v) is 8.22. The third-order valence-electron chi connectivity index (χ3n) is 9.17. The van der Waals surface area contributed by atoms with Crippen LogP contribution in [0.3, 0.4) is 0 Å². The van der Waals surface area contributed by atoms with Crippen molar-refractivity contribution in [2.24, 2.45) is 40.4 Å². The van der Waals surface area contributed by atoms with Crippen LogP contribution < -0.4 is 0 Å². The van der Waals surface area contributed by atoms with E-state index < -0.39 is 17.0 Å². The van der Waals surface area contributed by atoms with Gasteiger partial charge in [-0.15, -0.1) is 0 Å². The van der Waals surface area contributed by atoms with E-state index in [0.717, 1.165) is 24.8 Å². The summed E-state index contributed by atoms with van der Waals surface area (Å²) in [5.41, 5.74) is -0.600. The van der Waals surface area contributed by atoms with Crippen molar-refractivity contribution in [3.05, 3.63) is 22.8 Å². The highest BCUT2D eigenvalue weighted by molar-refractivity contribution is 6.32. The van der Waals surface area contributed by atoms with Crippen LogP contribution in [-0.4, -0.2) is 23.1 Å². The molecular formula is C23H27ClO4. The molecular weight excluding hydrogens is 376 g/mol. The molecule has 0 bridgehead atoms. The third-order valence-corrected chi connectivity index (χ3v) is 9.50. The number of halogens is 1. The van der Waals surface area contributed by atoms with Crippen molar-refractivity contribution < 1.29 is 19.1 Å². The van der Waals surface area contributed by atoms with Crippen molar-refractivity contribution in [2.45, 2.75) is 59.0 Å². The van der Waals surface area contributed by atoms with E-state index in [1.54, 1.807) is 13.0 Å². The number of Topliss-reactive ketones (excluding diaryl/α,β-unsaturated/α-hetero) is 1. The van der Waals surface area contributed by atoms with Crippen molar-refractivity contribution in [3.8, 4) is 0 Å². The molecule has 3 saturated carbocycles. The molecule has 5 rings (SSSR count). The average molecular weight is 403 g/mol. The summed E-state index contributed by atoms with van der Waals surface area (Å²) in [5.74, 6) is 1.07. The van der Waals surface area contributed by atoms with Gasteiger partial charge in [0.2, 0.25) is 0 Å². The molecule has 0 aromatic carbocycles. The summed E-state index contributed by atoms with van der Waals surface area (Å²) in [6.45, 7) is 7.36. The minimum absolute atomic E-state index is 0.0505. The number of carbonyl (C=O) groups is 3. The predicted octanol–water partition coefficient (Wildman–Crippen LogP) is 4.22. The van der Waals surface area contributed by atoms with Crippen LogP contribution in [0, 0.1) is 40.4 Å². The molecule has 0 spiro atoms. The maximum atomic E-state index is 12.8. The molecule has 0 radical (unpaired) electrons. The molecule has 2 unspecified atom stereocenters. The van der Waals surface area contributed by atoms with Crippen molar-refractivity contribution in [1.82, 2.24) is 0 Å². The van der Waals surface area contributed by atoms with Gasteiger partial charge in [-0.05, 0) is 67.9 Å². The minimum atomic E-state index is -1.05. The number of rotatable bonds is 2. The van der Waals surface area contributed by atoms with Gasteiger partial charge in [-0.1, -0.05) is 31.5 Å². The van der Waals surface area contributed by atoms with E-state index >= 15 is 0 Å². The first-order valence-electron chi connectivity index (χ1n) is 10.4. The molecule has 0 aliphatic heterocycles. The minimum Gasteiger partial charge on any atom is -0.451 e. The number of fused-ring (bicyclic) bond motifs is 7. The number of ether oxygens (including phenoxy) is 1. The first kappa shape index (κ1) is 18.6. The number of carbonyl (C=O) groups excluding carboxylic acids is 3. The monoisotopic (exact) mass is 402 g/mol. The van der Waals surface area contributed by atoms with Gasteiger partial charge in [-0.25, -0.2) is 0 Å². The van der Waals surface area contributed by atoms with Crippen LogP contribution in [0.5, 0.6) is 0 Å². The zero-order valence-corrected chi connectivity index (χ0v) is 17.6. The molecule has 4 nitrogen and oxygen atoms in total. The first-order valence-corrected chi connectivity index (χ1v) is 10.8. The Balaban J connectivity index is 1.63. The Bertz CT molecular complexity index is 887. The van der Waals surface area contributed by atoms with E-state index in [1.165, 1.54) is 6.92 Å². The second kappa shape index (κ2) is 5.38. The number of allylic oxidation sites excluding steroid dienone is 4. The van der Waals surface area contributed by atoms with Gasteiger partial charge in [0.25, 0.3) is 0 Å². The van der Waals surface area contributed by atoms with Crippen LogP contribution in [0.2, 0.25) is 0 Å². The quantitative estimate of drug-likeness (QED) is 0.649. The molecule has 0 aromatic rings. The molecule has 0 aromatic heterocycles. The maximum absolute atomic E-state index is 12.8. The first-order chi connectivity index (χ1) is 13.1. The van der Waals surface area contributed by atoms with Gasteiger partial charge in [-0.2, -0.15) is 0 Å². The lowest BCUT2D eigenvalue weighted by molar-refractivity contribution is -0.178. The third kappa shape index (κ3) is 1.96. The summed E-state index contributed by atoms with van der Waals surface area (Å²) < 4.78 is 5.82. The maximum Gasteiger partial charge on any atom is 0.303 e. The van der Waals surface area contributed by atoms with Crippen molar-refractivity contribution in [2.75, 3.05) is 0 Å². The molecule has 0 amide bonds. The van der Waals surface area contributed by atoms with Gasteiger partial charge in [0.15, 0.2) is 17.2 Å². The summed E-state index contributed by atoms with van der Waals surface area (Å²) in [6, 6.07) is 0. The molecule has 150 valence electrons. The Labute approximate surface area is 170 Å². The van der Waals surface area contributed by atoms with E-state index in [0.29, 0.717) is 23.3 Å². The van der Waals surface area contributed by atoms with Crippen LogP contribution >= 0.6 is 11.6 Å². The van der Waals surface area contributed by atoms with Gasteiger partial charge in [-0.3, -0.25) is 14.4 Å². The Morgan fingerprint density at radius 1 is 1.18 bits per heavy atom. The lowest BCUT2D eigenvalue weighted by Crippen LogP contribution is -2.52. The van der Waals surface area contributed by atoms with Crippen LogP contribution in [0.15, 0.2) is 22.8 Å². The van der Waals surface area contributed by atoms with Crippen molar-refractivity contribution >= 4 is 29.1 Å². The lowest BCUT2D eigenvalue weighted by Gasteiger charge is -2.47. The Kier molecular flexibility index (Phi) is 3.58. The Morgan fingerprint density at radius 3 is 2.54 bits per heavy atom. The molecule has 0 N–H and O–H groups in total.